The van der Waals surface area contributed by atoms with E-state index >= 15 is 0 Å². The van der Waals surface area contributed by atoms with E-state index in [9.17, 15) is 0 Å². The number of hydrogen-bond acceptors (Lipinski definition) is 2. The van der Waals surface area contributed by atoms with E-state index in [2.05, 4.69) is 0 Å². The second-order valence-electron chi connectivity index (χ2n) is 4.12. The van der Waals surface area contributed by atoms with Crippen LogP contribution >= 0.6 is 11.6 Å². The first-order chi connectivity index (χ1) is 7.43. The van der Waals surface area contributed by atoms with Crippen molar-refractivity contribution in [2.75, 3.05) is 19.1 Å². The molecule has 1 saturated heterocycles. The van der Waals surface area contributed by atoms with E-state index in [0.29, 0.717) is 0 Å². The van der Waals surface area contributed by atoms with Gasteiger partial charge in [-0.15, -0.1) is 11.6 Å². The highest BCUT2D eigenvalue weighted by atomic mass is 35.5. The zero-order valence-corrected chi connectivity index (χ0v) is 10.3. The maximum atomic E-state index is 5.64. The minimum atomic E-state index is 0.0848. The first-order valence-corrected chi connectivity index (χ1v) is 6.76. The molecular formula is C12H23ClO2. The average molecular weight is 235 g/mol. The van der Waals surface area contributed by atoms with Crippen LogP contribution in [0.15, 0.2) is 0 Å². The zero-order chi connectivity index (χ0) is 10.8. The molecule has 0 aliphatic carbocycles. The molecule has 0 spiro atoms. The van der Waals surface area contributed by atoms with Gasteiger partial charge < -0.3 is 9.47 Å². The Balaban J connectivity index is 1.79. The molecule has 1 fully saturated rings. The molecule has 3 heteroatoms. The van der Waals surface area contributed by atoms with Crippen LogP contribution in [0.25, 0.3) is 0 Å². The third kappa shape index (κ3) is 7.15. The van der Waals surface area contributed by atoms with Gasteiger partial charge in [-0.05, 0) is 32.1 Å². The number of rotatable bonds is 8. The van der Waals surface area contributed by atoms with Crippen LogP contribution in [-0.2, 0) is 9.47 Å². The smallest absolute Gasteiger partial charge is 0.157 e. The van der Waals surface area contributed by atoms with Crippen LogP contribution in [0.3, 0.4) is 0 Å². The second kappa shape index (κ2) is 9.44. The van der Waals surface area contributed by atoms with Gasteiger partial charge in [0.15, 0.2) is 6.29 Å². The summed E-state index contributed by atoms with van der Waals surface area (Å²) in [4.78, 5) is 0. The molecule has 0 amide bonds. The van der Waals surface area contributed by atoms with Gasteiger partial charge in [-0.1, -0.05) is 19.3 Å². The molecule has 1 aliphatic heterocycles. The lowest BCUT2D eigenvalue weighted by Gasteiger charge is -2.22. The SMILES string of the molecule is ClCCCCCCCO[C@@H]1CCCCO1. The number of ether oxygens (including phenoxy) is 2. The van der Waals surface area contributed by atoms with Crippen LogP contribution in [0, 0.1) is 0 Å². The largest absolute Gasteiger partial charge is 0.353 e. The van der Waals surface area contributed by atoms with E-state index in [1.165, 1.54) is 32.1 Å². The van der Waals surface area contributed by atoms with Gasteiger partial charge in [-0.3, -0.25) is 0 Å². The van der Waals surface area contributed by atoms with Crippen molar-refractivity contribution in [3.05, 3.63) is 0 Å². The van der Waals surface area contributed by atoms with Crippen molar-refractivity contribution in [3.8, 4) is 0 Å². The molecule has 0 radical (unpaired) electrons. The first-order valence-electron chi connectivity index (χ1n) is 6.22. The molecule has 1 heterocycles. The summed E-state index contributed by atoms with van der Waals surface area (Å²) in [6, 6.07) is 0. The number of halogens is 1. The molecule has 0 N–H and O–H groups in total. The monoisotopic (exact) mass is 234 g/mol. The molecule has 1 aliphatic rings. The lowest BCUT2D eigenvalue weighted by atomic mass is 10.1. The molecule has 15 heavy (non-hydrogen) atoms. The molecule has 1 rings (SSSR count). The van der Waals surface area contributed by atoms with Crippen LogP contribution in [0.5, 0.6) is 0 Å². The maximum absolute atomic E-state index is 5.64. The van der Waals surface area contributed by atoms with E-state index in [1.54, 1.807) is 0 Å². The van der Waals surface area contributed by atoms with Gasteiger partial charge in [0.05, 0.1) is 0 Å². The van der Waals surface area contributed by atoms with E-state index < -0.39 is 0 Å². The molecule has 90 valence electrons. The Morgan fingerprint density at radius 3 is 2.60 bits per heavy atom. The fourth-order valence-corrected chi connectivity index (χ4v) is 1.97. The van der Waals surface area contributed by atoms with Gasteiger partial charge in [0.25, 0.3) is 0 Å². The zero-order valence-electron chi connectivity index (χ0n) is 9.55. The predicted octanol–water partition coefficient (Wildman–Crippen LogP) is 3.72. The highest BCUT2D eigenvalue weighted by molar-refractivity contribution is 6.17. The Morgan fingerprint density at radius 1 is 1.07 bits per heavy atom. The Kier molecular flexibility index (Phi) is 8.35. The van der Waals surface area contributed by atoms with E-state index in [-0.39, 0.29) is 6.29 Å². The summed E-state index contributed by atoms with van der Waals surface area (Å²) in [5.74, 6) is 0.798. The van der Waals surface area contributed by atoms with Crippen LogP contribution < -0.4 is 0 Å². The van der Waals surface area contributed by atoms with Gasteiger partial charge in [0.1, 0.15) is 0 Å². The Bertz CT molecular complexity index is 136. The summed E-state index contributed by atoms with van der Waals surface area (Å²) in [5, 5.41) is 0. The van der Waals surface area contributed by atoms with E-state index in [4.69, 9.17) is 21.1 Å². The molecule has 0 aromatic carbocycles. The van der Waals surface area contributed by atoms with Gasteiger partial charge in [-0.2, -0.15) is 0 Å². The van der Waals surface area contributed by atoms with Crippen molar-refractivity contribution >= 4 is 11.6 Å². The molecule has 0 bridgehead atoms. The Morgan fingerprint density at radius 2 is 1.87 bits per heavy atom. The standard InChI is InChI=1S/C12H23ClO2/c13-9-5-2-1-3-6-10-14-12-8-4-7-11-15-12/h12H,1-11H2/t12-/m0/s1. The summed E-state index contributed by atoms with van der Waals surface area (Å²) in [5.41, 5.74) is 0. The molecule has 0 saturated carbocycles. The predicted molar refractivity (Wildman–Crippen MR) is 63.3 cm³/mol. The summed E-state index contributed by atoms with van der Waals surface area (Å²) in [6.07, 6.45) is 9.69. The maximum Gasteiger partial charge on any atom is 0.157 e. The van der Waals surface area contributed by atoms with Gasteiger partial charge in [0.2, 0.25) is 0 Å². The van der Waals surface area contributed by atoms with Gasteiger partial charge in [-0.25, -0.2) is 0 Å². The van der Waals surface area contributed by atoms with E-state index in [0.717, 1.165) is 38.4 Å². The second-order valence-corrected chi connectivity index (χ2v) is 4.50. The summed E-state index contributed by atoms with van der Waals surface area (Å²) in [7, 11) is 0. The molecule has 0 aromatic rings. The fourth-order valence-electron chi connectivity index (χ4n) is 1.78. The molecule has 2 nitrogen and oxygen atoms in total. The minimum Gasteiger partial charge on any atom is -0.353 e. The lowest BCUT2D eigenvalue weighted by Crippen LogP contribution is -2.22. The van der Waals surface area contributed by atoms with Crippen molar-refractivity contribution in [2.45, 2.75) is 57.7 Å². The van der Waals surface area contributed by atoms with Crippen LogP contribution in [0.1, 0.15) is 51.4 Å². The van der Waals surface area contributed by atoms with Crippen LogP contribution in [-0.4, -0.2) is 25.4 Å². The Hall–Kier alpha value is 0.210. The Labute approximate surface area is 98.3 Å². The van der Waals surface area contributed by atoms with Crippen molar-refractivity contribution in [1.29, 1.82) is 0 Å². The molecule has 0 unspecified atom stereocenters. The summed E-state index contributed by atoms with van der Waals surface area (Å²) < 4.78 is 11.1. The first kappa shape index (κ1) is 13.3. The van der Waals surface area contributed by atoms with Crippen molar-refractivity contribution in [2.24, 2.45) is 0 Å². The number of hydrogen-bond donors (Lipinski definition) is 0. The average Bonchev–Trinajstić information content (AvgIpc) is 2.29. The highest BCUT2D eigenvalue weighted by Gasteiger charge is 2.12. The number of unbranched alkanes of at least 4 members (excludes halogenated alkanes) is 4. The van der Waals surface area contributed by atoms with Crippen LogP contribution in [0.2, 0.25) is 0 Å². The molecule has 1 atom stereocenters. The van der Waals surface area contributed by atoms with Crippen molar-refractivity contribution in [3.63, 3.8) is 0 Å². The van der Waals surface area contributed by atoms with Crippen LogP contribution in [0.4, 0.5) is 0 Å². The topological polar surface area (TPSA) is 18.5 Å². The fraction of sp³-hybridized carbons (Fsp3) is 1.00. The van der Waals surface area contributed by atoms with Crippen molar-refractivity contribution < 1.29 is 9.47 Å². The number of alkyl halides is 1. The van der Waals surface area contributed by atoms with Crippen molar-refractivity contribution in [1.82, 2.24) is 0 Å². The minimum absolute atomic E-state index is 0.0848. The van der Waals surface area contributed by atoms with E-state index in [1.807, 2.05) is 0 Å². The highest BCUT2D eigenvalue weighted by Crippen LogP contribution is 2.14. The van der Waals surface area contributed by atoms with Gasteiger partial charge >= 0.3 is 0 Å². The lowest BCUT2D eigenvalue weighted by molar-refractivity contribution is -0.162. The molecular weight excluding hydrogens is 212 g/mol. The normalized spacial score (nSPS) is 21.8. The third-order valence-corrected chi connectivity index (χ3v) is 2.99. The molecule has 0 aromatic heterocycles. The third-order valence-electron chi connectivity index (χ3n) is 2.72. The van der Waals surface area contributed by atoms with Gasteiger partial charge in [0, 0.05) is 19.1 Å². The summed E-state index contributed by atoms with van der Waals surface area (Å²) in [6.45, 7) is 1.73. The quantitative estimate of drug-likeness (QED) is 0.471. The summed E-state index contributed by atoms with van der Waals surface area (Å²) >= 11 is 5.60.